The molecule has 2 aliphatic heterocycles. The topological polar surface area (TPSA) is 189 Å². The lowest BCUT2D eigenvalue weighted by molar-refractivity contribution is -0.134. The van der Waals surface area contributed by atoms with E-state index in [9.17, 15) is 24.6 Å². The van der Waals surface area contributed by atoms with Crippen molar-refractivity contribution in [2.45, 2.75) is 83.9 Å². The minimum absolute atomic E-state index is 0.0155. The molecule has 4 heterocycles. The number of likely N-dealkylation sites (N-methyl/N-ethyl adjacent to an activating group) is 1. The van der Waals surface area contributed by atoms with Gasteiger partial charge in [-0.1, -0.05) is 99.6 Å². The molecule has 0 unspecified atom stereocenters. The number of nitrogens with zero attached hydrogens (tertiary/aromatic N) is 5. The van der Waals surface area contributed by atoms with Gasteiger partial charge >= 0.3 is 0 Å². The van der Waals surface area contributed by atoms with Gasteiger partial charge < -0.3 is 44.1 Å². The third-order valence-corrected chi connectivity index (χ3v) is 14.4. The summed E-state index contributed by atoms with van der Waals surface area (Å²) in [5.41, 5.74) is 8.71. The number of hydrogen-bond donors (Lipinski definition) is 3. The van der Waals surface area contributed by atoms with Gasteiger partial charge in [-0.2, -0.15) is 0 Å². The molecule has 4 atom stereocenters. The van der Waals surface area contributed by atoms with Crippen LogP contribution in [0.4, 0.5) is 0 Å². The smallest absolute Gasteiger partial charge is 0.257 e. The number of allylic oxidation sites excluding steroid dienone is 1. The molecule has 3 amide bonds. The highest BCUT2D eigenvalue weighted by Gasteiger charge is 2.48. The van der Waals surface area contributed by atoms with Crippen molar-refractivity contribution in [1.82, 2.24) is 25.3 Å². The summed E-state index contributed by atoms with van der Waals surface area (Å²) < 4.78 is 23.3. The molecule has 3 N–H and O–H groups in total. The van der Waals surface area contributed by atoms with Crippen molar-refractivity contribution in [3.8, 4) is 27.8 Å². The first-order chi connectivity index (χ1) is 35.2. The molecule has 2 aliphatic rings. The molecule has 8 rings (SSSR count). The molecular weight excluding hydrogens is 945 g/mol. The first-order valence-corrected chi connectivity index (χ1v) is 25.7. The number of rotatable bonds is 22. The van der Waals surface area contributed by atoms with Crippen LogP contribution in [-0.2, 0) is 24.7 Å². The Morgan fingerprint density at radius 3 is 2.32 bits per heavy atom. The summed E-state index contributed by atoms with van der Waals surface area (Å²) in [5, 5.41) is 27.8. The van der Waals surface area contributed by atoms with Crippen LogP contribution in [0.2, 0.25) is 0 Å². The van der Waals surface area contributed by atoms with Gasteiger partial charge in [0.1, 0.15) is 36.5 Å². The molecule has 0 aliphatic carbocycles. The Kier molecular flexibility index (Phi) is 16.9. The van der Waals surface area contributed by atoms with Gasteiger partial charge in [0.25, 0.3) is 11.8 Å². The zero-order chi connectivity index (χ0) is 51.6. The van der Waals surface area contributed by atoms with Gasteiger partial charge in [-0.25, -0.2) is 9.98 Å². The largest absolute Gasteiger partial charge is 0.508 e. The van der Waals surface area contributed by atoms with Gasteiger partial charge in [0.05, 0.1) is 41.4 Å². The molecule has 382 valence electrons. The van der Waals surface area contributed by atoms with E-state index in [-0.39, 0.29) is 61.4 Å². The average Bonchev–Trinajstić information content (AvgIpc) is 4.20. The minimum atomic E-state index is -1.22. The second kappa shape index (κ2) is 23.6. The predicted octanol–water partition coefficient (Wildman–Crippen LogP) is 9.04. The number of nitrogens with one attached hydrogen (secondary N) is 1. The number of aliphatic hydroxyl groups excluding tert-OH is 1. The maximum Gasteiger partial charge on any atom is 0.257 e. The molecular formula is C57H64N6O9S. The number of carbonyl (C=O) groups is 3. The van der Waals surface area contributed by atoms with E-state index in [1.807, 2.05) is 99.6 Å². The molecule has 6 aromatic rings. The minimum Gasteiger partial charge on any atom is -0.508 e. The zero-order valence-electron chi connectivity index (χ0n) is 42.2. The number of aromatic hydroxyl groups is 1. The number of phenolic OH excluding ortho intramolecular Hbond substituents is 1. The fourth-order valence-electron chi connectivity index (χ4n) is 9.43. The highest BCUT2D eigenvalue weighted by molar-refractivity contribution is 7.13. The predicted molar refractivity (Wildman–Crippen MR) is 281 cm³/mol. The Hall–Kier alpha value is -7.14. The SMILES string of the molecule is CC/C(=C(\c1ccc(O)cc1)c1ccc(OCCN(C)C(=O)CCCOCCOc2cc([C@@H](C(=O)N3C[C@H](O)C[C@@H]3C3=N[C@](C)(c4ccc(-c5scnc5C)cc4)C(=O)N3)C(C)C)on2)cc1)c1ccccc1. The number of likely N-dealkylation sites (tertiary alicyclic amines) is 1. The van der Waals surface area contributed by atoms with Gasteiger partial charge in [-0.3, -0.25) is 14.4 Å². The molecule has 2 aromatic heterocycles. The number of phenols is 1. The molecule has 15 nitrogen and oxygen atoms in total. The van der Waals surface area contributed by atoms with Crippen molar-refractivity contribution in [3.05, 3.63) is 148 Å². The van der Waals surface area contributed by atoms with Crippen molar-refractivity contribution in [2.75, 3.05) is 46.6 Å². The third kappa shape index (κ3) is 12.2. The van der Waals surface area contributed by atoms with Crippen LogP contribution in [0.1, 0.15) is 93.0 Å². The number of aryl methyl sites for hydroxylation is 1. The van der Waals surface area contributed by atoms with Crippen LogP contribution in [0, 0.1) is 12.8 Å². The number of aromatic nitrogens is 2. The van der Waals surface area contributed by atoms with Crippen LogP contribution in [0.5, 0.6) is 17.4 Å². The summed E-state index contributed by atoms with van der Waals surface area (Å²) in [6.45, 7) is 11.3. The van der Waals surface area contributed by atoms with Crippen LogP contribution in [0.15, 0.2) is 124 Å². The Morgan fingerprint density at radius 1 is 0.932 bits per heavy atom. The van der Waals surface area contributed by atoms with E-state index in [4.69, 9.17) is 23.7 Å². The normalized spacial score (nSPS) is 18.3. The van der Waals surface area contributed by atoms with E-state index in [1.54, 1.807) is 58.8 Å². The third-order valence-electron chi connectivity index (χ3n) is 13.5. The number of carbonyl (C=O) groups excluding carboxylic acids is 3. The van der Waals surface area contributed by atoms with Gasteiger partial charge in [0.2, 0.25) is 11.8 Å². The van der Waals surface area contributed by atoms with Crippen LogP contribution in [-0.4, -0.2) is 112 Å². The Labute approximate surface area is 430 Å². The Balaban J connectivity index is 0.767. The Bertz CT molecular complexity index is 2900. The fourth-order valence-corrected chi connectivity index (χ4v) is 10.2. The molecule has 16 heteroatoms. The number of benzene rings is 4. The maximum absolute atomic E-state index is 14.4. The van der Waals surface area contributed by atoms with Crippen LogP contribution in [0.3, 0.4) is 0 Å². The summed E-state index contributed by atoms with van der Waals surface area (Å²) in [5.74, 6) is 0.220. The highest BCUT2D eigenvalue weighted by atomic mass is 32.1. The fraction of sp³-hybridized carbons (Fsp3) is 0.368. The summed E-state index contributed by atoms with van der Waals surface area (Å²) in [4.78, 5) is 54.3. The van der Waals surface area contributed by atoms with Crippen LogP contribution in [0.25, 0.3) is 21.6 Å². The number of ether oxygens (including phenoxy) is 3. The zero-order valence-corrected chi connectivity index (χ0v) is 43.1. The second-order valence-corrected chi connectivity index (χ2v) is 19.8. The quantitative estimate of drug-likeness (QED) is 0.0435. The summed E-state index contributed by atoms with van der Waals surface area (Å²) in [7, 11) is 1.76. The molecule has 0 spiro atoms. The van der Waals surface area contributed by atoms with Gasteiger partial charge in [-0.15, -0.1) is 11.3 Å². The first-order valence-electron chi connectivity index (χ1n) is 24.9. The van der Waals surface area contributed by atoms with Gasteiger partial charge in [-0.05, 0) is 101 Å². The number of aliphatic imine (C=N–C) groups is 1. The van der Waals surface area contributed by atoms with E-state index in [1.165, 1.54) is 5.57 Å². The average molecular weight is 1010 g/mol. The monoisotopic (exact) mass is 1010 g/mol. The first kappa shape index (κ1) is 52.2. The van der Waals surface area contributed by atoms with E-state index in [0.717, 1.165) is 44.8 Å². The van der Waals surface area contributed by atoms with E-state index in [0.29, 0.717) is 55.5 Å². The summed E-state index contributed by atoms with van der Waals surface area (Å²) >= 11 is 1.56. The lowest BCUT2D eigenvalue weighted by Crippen LogP contribution is -2.48. The van der Waals surface area contributed by atoms with Crippen molar-refractivity contribution >= 4 is 46.0 Å². The van der Waals surface area contributed by atoms with Crippen LogP contribution >= 0.6 is 11.3 Å². The molecule has 0 bridgehead atoms. The van der Waals surface area contributed by atoms with E-state index in [2.05, 4.69) is 34.5 Å². The maximum atomic E-state index is 14.4. The number of thiazole rings is 1. The second-order valence-electron chi connectivity index (χ2n) is 18.9. The number of β-amino-alcohol motifs (C(OH)–C–C–N with tert-alkyl or cyclic N) is 1. The van der Waals surface area contributed by atoms with Crippen LogP contribution < -0.4 is 14.8 Å². The van der Waals surface area contributed by atoms with Crippen molar-refractivity contribution < 1.29 is 43.3 Å². The number of hydrogen-bond acceptors (Lipinski definition) is 13. The summed E-state index contributed by atoms with van der Waals surface area (Å²) in [6.07, 6.45) is 1.07. The molecule has 1 saturated heterocycles. The standard InChI is InChI=1S/C57H64N6O9S/c1-7-46(38-12-9-8-10-13-38)52(39-17-23-43(64)24-18-39)40-19-25-45(26-20-40)70-29-27-62(6)50(66)14-11-28-69-30-31-71-49-33-48(72-61-49)51(36(2)3)55(67)63-34-44(65)32-47(63)54-59-56(68)57(5,60-54)42-21-15-41(16-22-42)53-37(4)58-35-73-53/h8-10,12-13,15-26,33,35-36,44,47,51,64-65H,7,11,14,27-32,34H2,1-6H3,(H,59,60,68)/b52-46-/t44-,47-,51+,57-/m1/s1. The molecule has 0 saturated carbocycles. The lowest BCUT2D eigenvalue weighted by atomic mass is 9.88. The van der Waals surface area contributed by atoms with E-state index >= 15 is 0 Å². The molecule has 73 heavy (non-hydrogen) atoms. The highest BCUT2D eigenvalue weighted by Crippen LogP contribution is 2.38. The van der Waals surface area contributed by atoms with E-state index < -0.39 is 23.6 Å². The molecule has 0 radical (unpaired) electrons. The Morgan fingerprint density at radius 2 is 1.64 bits per heavy atom. The number of amidine groups is 1. The van der Waals surface area contributed by atoms with Gasteiger partial charge in [0, 0.05) is 39.1 Å². The number of amides is 3. The lowest BCUT2D eigenvalue weighted by Gasteiger charge is -2.29. The molecule has 1 fully saturated rings. The van der Waals surface area contributed by atoms with Crippen molar-refractivity contribution in [2.24, 2.45) is 10.9 Å². The number of aliphatic hydroxyl groups is 1. The van der Waals surface area contributed by atoms with Crippen molar-refractivity contribution in [1.29, 1.82) is 0 Å². The summed E-state index contributed by atoms with van der Waals surface area (Å²) in [6, 6.07) is 34.2. The molecule has 4 aromatic carbocycles. The van der Waals surface area contributed by atoms with Crippen molar-refractivity contribution in [3.63, 3.8) is 0 Å². The van der Waals surface area contributed by atoms with Gasteiger partial charge in [0.15, 0.2) is 11.3 Å².